The van der Waals surface area contributed by atoms with Crippen molar-refractivity contribution in [1.29, 1.82) is 5.26 Å². The van der Waals surface area contributed by atoms with Crippen molar-refractivity contribution in [3.05, 3.63) is 33.3 Å². The van der Waals surface area contributed by atoms with Gasteiger partial charge in [0.1, 0.15) is 5.54 Å². The molecule has 0 unspecified atom stereocenters. The van der Waals surface area contributed by atoms with Gasteiger partial charge in [0.15, 0.2) is 0 Å². The molecule has 0 spiro atoms. The van der Waals surface area contributed by atoms with Crippen LogP contribution in [0.15, 0.2) is 22.7 Å². The maximum atomic E-state index is 12.4. The summed E-state index contributed by atoms with van der Waals surface area (Å²) in [6.07, 6.45) is 4.51. The van der Waals surface area contributed by atoms with Crippen molar-refractivity contribution in [2.45, 2.75) is 44.6 Å². The molecular weight excluding hydrogens is 352 g/mol. The van der Waals surface area contributed by atoms with Crippen LogP contribution in [0.3, 0.4) is 0 Å². The van der Waals surface area contributed by atoms with Crippen molar-refractivity contribution in [2.24, 2.45) is 5.92 Å². The predicted molar refractivity (Wildman–Crippen MR) is 87.2 cm³/mol. The first-order valence-corrected chi connectivity index (χ1v) is 8.36. The Bertz CT molecular complexity index is 574. The second kappa shape index (κ2) is 6.81. The van der Waals surface area contributed by atoms with E-state index in [9.17, 15) is 10.1 Å². The molecule has 21 heavy (non-hydrogen) atoms. The number of nitrogens with zero attached hydrogens (tertiary/aromatic N) is 1. The van der Waals surface area contributed by atoms with Gasteiger partial charge in [0.2, 0.25) is 0 Å². The van der Waals surface area contributed by atoms with Crippen LogP contribution in [0.5, 0.6) is 0 Å². The number of carbonyl (C=O) groups is 1. The van der Waals surface area contributed by atoms with E-state index in [0.717, 1.165) is 19.3 Å². The summed E-state index contributed by atoms with van der Waals surface area (Å²) in [6.45, 7) is 2.17. The number of nitrogens with one attached hydrogen (secondary N) is 1. The van der Waals surface area contributed by atoms with E-state index < -0.39 is 5.54 Å². The third-order valence-electron chi connectivity index (χ3n) is 4.30. The molecule has 0 atom stereocenters. The summed E-state index contributed by atoms with van der Waals surface area (Å²) in [6, 6.07) is 7.53. The van der Waals surface area contributed by atoms with Crippen molar-refractivity contribution < 1.29 is 4.79 Å². The minimum Gasteiger partial charge on any atom is -0.334 e. The van der Waals surface area contributed by atoms with E-state index in [1.54, 1.807) is 18.2 Å². The molecule has 0 saturated heterocycles. The SMILES string of the molecule is CCC1CCC(C#N)(NC(=O)c2cccc(Br)c2Cl)CC1. The van der Waals surface area contributed by atoms with Gasteiger partial charge in [-0.25, -0.2) is 0 Å². The number of nitriles is 1. The first-order chi connectivity index (χ1) is 10.0. The smallest absolute Gasteiger partial charge is 0.254 e. The van der Waals surface area contributed by atoms with Gasteiger partial charge in [0.25, 0.3) is 5.91 Å². The molecule has 1 saturated carbocycles. The number of rotatable bonds is 3. The first kappa shape index (κ1) is 16.3. The number of halogens is 2. The molecule has 1 fully saturated rings. The van der Waals surface area contributed by atoms with E-state index in [0.29, 0.717) is 33.8 Å². The maximum Gasteiger partial charge on any atom is 0.254 e. The van der Waals surface area contributed by atoms with Crippen LogP contribution in [-0.4, -0.2) is 11.4 Å². The molecule has 0 radical (unpaired) electrons. The summed E-state index contributed by atoms with van der Waals surface area (Å²) < 4.78 is 0.678. The summed E-state index contributed by atoms with van der Waals surface area (Å²) in [5.41, 5.74) is -0.354. The lowest BCUT2D eigenvalue weighted by atomic mass is 9.76. The Kier molecular flexibility index (Phi) is 5.29. The van der Waals surface area contributed by atoms with Gasteiger partial charge in [0, 0.05) is 4.47 Å². The summed E-state index contributed by atoms with van der Waals surface area (Å²) in [7, 11) is 0. The van der Waals surface area contributed by atoms with Crippen molar-refractivity contribution in [3.8, 4) is 6.07 Å². The minimum absolute atomic E-state index is 0.280. The molecule has 1 aromatic rings. The fourth-order valence-corrected chi connectivity index (χ4v) is 3.39. The second-order valence-corrected chi connectivity index (χ2v) is 6.83. The van der Waals surface area contributed by atoms with Crippen LogP contribution in [0.1, 0.15) is 49.4 Å². The van der Waals surface area contributed by atoms with Gasteiger partial charge in [-0.2, -0.15) is 5.26 Å². The van der Waals surface area contributed by atoms with Crippen molar-refractivity contribution >= 4 is 33.4 Å². The third-order valence-corrected chi connectivity index (χ3v) is 5.60. The van der Waals surface area contributed by atoms with E-state index in [1.165, 1.54) is 0 Å². The zero-order valence-electron chi connectivity index (χ0n) is 12.0. The minimum atomic E-state index is -0.756. The summed E-state index contributed by atoms with van der Waals surface area (Å²) >= 11 is 9.46. The third kappa shape index (κ3) is 3.59. The highest BCUT2D eigenvalue weighted by molar-refractivity contribution is 9.10. The summed E-state index contributed by atoms with van der Waals surface area (Å²) in [4.78, 5) is 12.4. The Labute approximate surface area is 138 Å². The fraction of sp³-hybridized carbons (Fsp3) is 0.500. The highest BCUT2D eigenvalue weighted by Gasteiger charge is 2.36. The van der Waals surface area contributed by atoms with Gasteiger partial charge in [-0.15, -0.1) is 0 Å². The molecule has 1 amide bonds. The molecule has 0 heterocycles. The van der Waals surface area contributed by atoms with Crippen LogP contribution in [0.25, 0.3) is 0 Å². The molecular formula is C16H18BrClN2O. The molecule has 5 heteroatoms. The van der Waals surface area contributed by atoms with Gasteiger partial charge in [-0.3, -0.25) is 4.79 Å². The van der Waals surface area contributed by atoms with Crippen LogP contribution in [-0.2, 0) is 0 Å². The largest absolute Gasteiger partial charge is 0.334 e. The highest BCUT2D eigenvalue weighted by Crippen LogP contribution is 2.34. The highest BCUT2D eigenvalue weighted by atomic mass is 79.9. The second-order valence-electron chi connectivity index (χ2n) is 5.60. The Balaban J connectivity index is 2.14. The van der Waals surface area contributed by atoms with Crippen LogP contribution in [0.4, 0.5) is 0 Å². The average Bonchev–Trinajstić information content (AvgIpc) is 2.50. The molecule has 0 aliphatic heterocycles. The Morgan fingerprint density at radius 3 is 2.76 bits per heavy atom. The van der Waals surface area contributed by atoms with Crippen molar-refractivity contribution in [2.75, 3.05) is 0 Å². The lowest BCUT2D eigenvalue weighted by Gasteiger charge is -2.35. The Morgan fingerprint density at radius 1 is 1.52 bits per heavy atom. The number of hydrogen-bond acceptors (Lipinski definition) is 2. The lowest BCUT2D eigenvalue weighted by molar-refractivity contribution is 0.0891. The number of amides is 1. The van der Waals surface area contributed by atoms with E-state index in [4.69, 9.17) is 11.6 Å². The summed E-state index contributed by atoms with van der Waals surface area (Å²) in [5, 5.41) is 12.8. The molecule has 0 bridgehead atoms. The van der Waals surface area contributed by atoms with E-state index in [2.05, 4.69) is 34.2 Å². The quantitative estimate of drug-likeness (QED) is 0.840. The van der Waals surface area contributed by atoms with E-state index in [1.807, 2.05) is 0 Å². The molecule has 1 aromatic carbocycles. The van der Waals surface area contributed by atoms with Gasteiger partial charge >= 0.3 is 0 Å². The monoisotopic (exact) mass is 368 g/mol. The zero-order chi connectivity index (χ0) is 15.5. The van der Waals surface area contributed by atoms with Crippen LogP contribution >= 0.6 is 27.5 Å². The predicted octanol–water partition coefficient (Wildman–Crippen LogP) is 4.69. The molecule has 2 rings (SSSR count). The standard InChI is InChI=1S/C16H18BrClN2O/c1-2-11-6-8-16(10-19,9-7-11)20-15(21)12-4-3-5-13(17)14(12)18/h3-5,11H,2,6-9H2,1H3,(H,20,21). The zero-order valence-corrected chi connectivity index (χ0v) is 14.3. The normalized spacial score (nSPS) is 25.1. The Hall–Kier alpha value is -1.05. The number of carbonyl (C=O) groups excluding carboxylic acids is 1. The molecule has 1 N–H and O–H groups in total. The van der Waals surface area contributed by atoms with Crippen LogP contribution < -0.4 is 5.32 Å². The molecule has 3 nitrogen and oxygen atoms in total. The van der Waals surface area contributed by atoms with Crippen molar-refractivity contribution in [3.63, 3.8) is 0 Å². The van der Waals surface area contributed by atoms with Gasteiger partial charge in [-0.1, -0.05) is 31.0 Å². The molecule has 1 aliphatic rings. The van der Waals surface area contributed by atoms with Gasteiger partial charge in [0.05, 0.1) is 16.7 Å². The topological polar surface area (TPSA) is 52.9 Å². The average molecular weight is 370 g/mol. The lowest BCUT2D eigenvalue weighted by Crippen LogP contribution is -2.49. The van der Waals surface area contributed by atoms with Gasteiger partial charge < -0.3 is 5.32 Å². The maximum absolute atomic E-state index is 12.4. The van der Waals surface area contributed by atoms with Gasteiger partial charge in [-0.05, 0) is 59.7 Å². The van der Waals surface area contributed by atoms with E-state index in [-0.39, 0.29) is 5.91 Å². The van der Waals surface area contributed by atoms with Crippen LogP contribution in [0, 0.1) is 17.2 Å². The Morgan fingerprint density at radius 2 is 2.19 bits per heavy atom. The molecule has 112 valence electrons. The molecule has 1 aliphatic carbocycles. The van der Waals surface area contributed by atoms with E-state index >= 15 is 0 Å². The number of benzene rings is 1. The fourth-order valence-electron chi connectivity index (χ4n) is 2.81. The summed E-state index contributed by atoms with van der Waals surface area (Å²) in [5.74, 6) is 0.385. The molecule has 0 aromatic heterocycles. The number of hydrogen-bond donors (Lipinski definition) is 1. The first-order valence-electron chi connectivity index (χ1n) is 7.19. The van der Waals surface area contributed by atoms with Crippen molar-refractivity contribution in [1.82, 2.24) is 5.32 Å². The van der Waals surface area contributed by atoms with Crippen LogP contribution in [0.2, 0.25) is 5.02 Å².